The van der Waals surface area contributed by atoms with E-state index in [9.17, 15) is 13.2 Å². The molecule has 0 saturated heterocycles. The van der Waals surface area contributed by atoms with Crippen LogP contribution >= 0.6 is 0 Å². The molecular formula is C19H18N2O3S. The minimum absolute atomic E-state index is 0.159. The second-order valence-corrected chi connectivity index (χ2v) is 8.05. The molecule has 0 aliphatic carbocycles. The van der Waals surface area contributed by atoms with Crippen LogP contribution in [0.2, 0.25) is 0 Å². The van der Waals surface area contributed by atoms with Gasteiger partial charge in [0.25, 0.3) is 15.9 Å². The van der Waals surface area contributed by atoms with Crippen LogP contribution in [0, 0.1) is 6.92 Å². The van der Waals surface area contributed by atoms with Crippen molar-refractivity contribution in [3.8, 4) is 0 Å². The van der Waals surface area contributed by atoms with Crippen molar-refractivity contribution in [2.75, 3.05) is 6.54 Å². The van der Waals surface area contributed by atoms with Gasteiger partial charge in [0, 0.05) is 24.8 Å². The molecule has 1 aromatic heterocycles. The largest absolute Gasteiger partial charge is 0.347 e. The summed E-state index contributed by atoms with van der Waals surface area (Å²) < 4.78 is 28.5. The van der Waals surface area contributed by atoms with Crippen LogP contribution < -0.4 is 0 Å². The van der Waals surface area contributed by atoms with E-state index >= 15 is 0 Å². The Morgan fingerprint density at radius 3 is 2.56 bits per heavy atom. The van der Waals surface area contributed by atoms with E-state index in [0.717, 1.165) is 15.2 Å². The second-order valence-electron chi connectivity index (χ2n) is 6.26. The van der Waals surface area contributed by atoms with E-state index in [4.69, 9.17) is 0 Å². The highest BCUT2D eigenvalue weighted by atomic mass is 32.2. The van der Waals surface area contributed by atoms with Crippen LogP contribution in [0.4, 0.5) is 0 Å². The first-order valence-corrected chi connectivity index (χ1v) is 9.65. The predicted molar refractivity (Wildman–Crippen MR) is 96.0 cm³/mol. The number of hydrogen-bond acceptors (Lipinski definition) is 3. The number of rotatable bonds is 4. The predicted octanol–water partition coefficient (Wildman–Crippen LogP) is 3.18. The molecule has 0 atom stereocenters. The first-order valence-electron chi connectivity index (χ1n) is 8.21. The monoisotopic (exact) mass is 354 g/mol. The third-order valence-electron chi connectivity index (χ3n) is 4.66. The summed E-state index contributed by atoms with van der Waals surface area (Å²) in [5.74, 6) is -0.420. The highest BCUT2D eigenvalue weighted by molar-refractivity contribution is 7.90. The topological polar surface area (TPSA) is 59.4 Å². The fraction of sp³-hybridized carbons (Fsp3) is 0.211. The lowest BCUT2D eigenvalue weighted by Crippen LogP contribution is -2.31. The molecule has 2 aromatic carbocycles. The Hall–Kier alpha value is -2.60. The van der Waals surface area contributed by atoms with Crippen LogP contribution in [0.15, 0.2) is 59.6 Å². The van der Waals surface area contributed by atoms with Gasteiger partial charge >= 0.3 is 0 Å². The van der Waals surface area contributed by atoms with Crippen LogP contribution in [0.25, 0.3) is 10.9 Å². The molecule has 1 aliphatic heterocycles. The number of hydrogen-bond donors (Lipinski definition) is 0. The van der Waals surface area contributed by atoms with Gasteiger partial charge < -0.3 is 4.57 Å². The van der Waals surface area contributed by atoms with Gasteiger partial charge in [-0.1, -0.05) is 30.3 Å². The summed E-state index contributed by atoms with van der Waals surface area (Å²) in [6.45, 7) is 2.56. The van der Waals surface area contributed by atoms with Crippen molar-refractivity contribution in [3.05, 3.63) is 65.9 Å². The molecule has 128 valence electrons. The number of carbonyl (C=O) groups is 1. The molecule has 6 heteroatoms. The molecular weight excluding hydrogens is 336 g/mol. The zero-order chi connectivity index (χ0) is 17.6. The van der Waals surface area contributed by atoms with Gasteiger partial charge in [0.05, 0.1) is 5.56 Å². The van der Waals surface area contributed by atoms with Gasteiger partial charge in [0.15, 0.2) is 0 Å². The molecule has 25 heavy (non-hydrogen) atoms. The number of sulfonamides is 1. The molecule has 0 bridgehead atoms. The molecule has 0 unspecified atom stereocenters. The molecule has 0 saturated carbocycles. The van der Waals surface area contributed by atoms with Crippen LogP contribution in [0.5, 0.6) is 0 Å². The van der Waals surface area contributed by atoms with E-state index in [1.165, 1.54) is 0 Å². The third kappa shape index (κ3) is 2.44. The smallest absolute Gasteiger partial charge is 0.269 e. The van der Waals surface area contributed by atoms with E-state index in [1.54, 1.807) is 25.1 Å². The summed E-state index contributed by atoms with van der Waals surface area (Å²) in [7, 11) is -3.74. The first-order chi connectivity index (χ1) is 12.0. The Kier molecular flexibility index (Phi) is 3.65. The van der Waals surface area contributed by atoms with Gasteiger partial charge in [0.1, 0.15) is 4.90 Å². The lowest BCUT2D eigenvalue weighted by Gasteiger charge is -2.15. The van der Waals surface area contributed by atoms with E-state index in [2.05, 4.69) is 4.57 Å². The summed E-state index contributed by atoms with van der Waals surface area (Å²) in [5, 5.41) is 1.15. The maximum absolute atomic E-state index is 12.7. The zero-order valence-corrected chi connectivity index (χ0v) is 14.7. The van der Waals surface area contributed by atoms with Crippen molar-refractivity contribution in [2.24, 2.45) is 0 Å². The van der Waals surface area contributed by atoms with Crippen molar-refractivity contribution in [3.63, 3.8) is 0 Å². The number of amides is 1. The Morgan fingerprint density at radius 2 is 1.76 bits per heavy atom. The molecule has 0 radical (unpaired) electrons. The number of para-hydroxylation sites is 1. The Morgan fingerprint density at radius 1 is 0.960 bits per heavy atom. The van der Waals surface area contributed by atoms with Crippen LogP contribution in [0.3, 0.4) is 0 Å². The summed E-state index contributed by atoms with van der Waals surface area (Å²) >= 11 is 0. The minimum Gasteiger partial charge on any atom is -0.347 e. The van der Waals surface area contributed by atoms with E-state index in [1.807, 2.05) is 36.5 Å². The number of aryl methyl sites for hydroxylation is 2. The molecule has 0 spiro atoms. The Labute approximate surface area is 146 Å². The minimum atomic E-state index is -3.74. The quantitative estimate of drug-likeness (QED) is 0.723. The van der Waals surface area contributed by atoms with Crippen molar-refractivity contribution < 1.29 is 13.2 Å². The van der Waals surface area contributed by atoms with Gasteiger partial charge in [-0.25, -0.2) is 12.7 Å². The highest BCUT2D eigenvalue weighted by Crippen LogP contribution is 2.32. The number of nitrogens with zero attached hydrogens (tertiary/aromatic N) is 2. The van der Waals surface area contributed by atoms with Crippen molar-refractivity contribution >= 4 is 26.8 Å². The van der Waals surface area contributed by atoms with E-state index in [-0.39, 0.29) is 17.0 Å². The number of benzene rings is 2. The second kappa shape index (κ2) is 5.74. The summed E-state index contributed by atoms with van der Waals surface area (Å²) in [5.41, 5.74) is 2.01. The number of fused-ring (bicyclic) bond motifs is 2. The van der Waals surface area contributed by atoms with Crippen LogP contribution in [-0.2, 0) is 16.6 Å². The molecule has 0 N–H and O–H groups in total. The molecule has 2 heterocycles. The maximum atomic E-state index is 12.7. The van der Waals surface area contributed by atoms with Crippen LogP contribution in [0.1, 0.15) is 22.3 Å². The molecule has 3 aromatic rings. The highest BCUT2D eigenvalue weighted by Gasteiger charge is 2.41. The van der Waals surface area contributed by atoms with Crippen molar-refractivity contribution in [2.45, 2.75) is 24.8 Å². The average Bonchev–Trinajstić information content (AvgIpc) is 3.08. The van der Waals surface area contributed by atoms with E-state index < -0.39 is 15.9 Å². The Bertz CT molecular complexity index is 1080. The van der Waals surface area contributed by atoms with Gasteiger partial charge in [0.2, 0.25) is 0 Å². The molecule has 5 nitrogen and oxygen atoms in total. The average molecular weight is 354 g/mol. The van der Waals surface area contributed by atoms with Gasteiger partial charge in [-0.05, 0) is 42.5 Å². The fourth-order valence-corrected chi connectivity index (χ4v) is 5.27. The Balaban J connectivity index is 1.54. The fourth-order valence-electron chi connectivity index (χ4n) is 3.46. The molecule has 1 amide bonds. The lowest BCUT2D eigenvalue weighted by atomic mass is 10.1. The molecule has 1 aliphatic rings. The summed E-state index contributed by atoms with van der Waals surface area (Å²) in [4.78, 5) is 12.7. The summed E-state index contributed by atoms with van der Waals surface area (Å²) in [6.07, 6.45) is 2.56. The number of aromatic nitrogens is 1. The lowest BCUT2D eigenvalue weighted by molar-refractivity contribution is 0.0869. The van der Waals surface area contributed by atoms with Gasteiger partial charge in [-0.3, -0.25) is 4.79 Å². The first kappa shape index (κ1) is 15.9. The molecule has 4 rings (SSSR count). The maximum Gasteiger partial charge on any atom is 0.269 e. The van der Waals surface area contributed by atoms with Crippen LogP contribution in [-0.4, -0.2) is 29.7 Å². The van der Waals surface area contributed by atoms with Gasteiger partial charge in [-0.15, -0.1) is 0 Å². The SMILES string of the molecule is Cc1cccc2c1S(=O)(=O)N(CCCn1ccc3ccccc31)C2=O. The number of carbonyl (C=O) groups excluding carboxylic acids is 1. The zero-order valence-electron chi connectivity index (χ0n) is 13.8. The summed E-state index contributed by atoms with van der Waals surface area (Å²) in [6, 6.07) is 15.1. The van der Waals surface area contributed by atoms with Crippen molar-refractivity contribution in [1.82, 2.24) is 8.87 Å². The standard InChI is InChI=1S/C19H18N2O3S/c1-14-6-4-8-16-18(14)25(23,24)21(19(16)22)12-5-11-20-13-10-15-7-2-3-9-17(15)20/h2-4,6-10,13H,5,11-12H2,1H3. The van der Waals surface area contributed by atoms with Crippen molar-refractivity contribution in [1.29, 1.82) is 0 Å². The molecule has 0 fully saturated rings. The third-order valence-corrected chi connectivity index (χ3v) is 6.64. The van der Waals surface area contributed by atoms with E-state index in [0.29, 0.717) is 18.5 Å². The van der Waals surface area contributed by atoms with Gasteiger partial charge in [-0.2, -0.15) is 0 Å². The normalized spacial score (nSPS) is 15.7.